The van der Waals surface area contributed by atoms with E-state index in [1.807, 2.05) is 16.8 Å². The molecule has 1 fully saturated rings. The smallest absolute Gasteiger partial charge is 0.319 e. The molecular formula is C25H35N3O. The average Bonchev–Trinajstić information content (AvgIpc) is 2.77. The first-order valence-corrected chi connectivity index (χ1v) is 10.9. The van der Waals surface area contributed by atoms with Crippen LogP contribution in [-0.2, 0) is 12.8 Å². The number of carbonyl (C=O) groups excluding carboxylic acids is 1. The number of rotatable bonds is 8. The fourth-order valence-electron chi connectivity index (χ4n) is 4.01. The highest BCUT2D eigenvalue weighted by molar-refractivity contribution is 5.74. The van der Waals surface area contributed by atoms with E-state index in [4.69, 9.17) is 0 Å². The van der Waals surface area contributed by atoms with E-state index in [0.717, 1.165) is 58.4 Å². The van der Waals surface area contributed by atoms with Crippen molar-refractivity contribution in [2.24, 2.45) is 5.92 Å². The van der Waals surface area contributed by atoms with Crippen molar-refractivity contribution in [2.75, 3.05) is 46.8 Å². The van der Waals surface area contributed by atoms with Crippen LogP contribution in [0.2, 0.25) is 0 Å². The highest BCUT2D eigenvalue weighted by Gasteiger charge is 2.24. The summed E-state index contributed by atoms with van der Waals surface area (Å²) in [6.07, 6.45) is 4.38. The molecule has 4 nitrogen and oxygen atoms in total. The second kappa shape index (κ2) is 11.0. The predicted octanol–water partition coefficient (Wildman–Crippen LogP) is 4.17. The van der Waals surface area contributed by atoms with Gasteiger partial charge in [0.25, 0.3) is 0 Å². The van der Waals surface area contributed by atoms with Gasteiger partial charge in [0.1, 0.15) is 0 Å². The second-order valence-electron chi connectivity index (χ2n) is 8.36. The third-order valence-corrected chi connectivity index (χ3v) is 6.02. The SMILES string of the molecule is CN(CCc1ccccc1)CCN(C)C(=O)N1CCC(Cc2ccccc2)CC1. The van der Waals surface area contributed by atoms with E-state index in [0.29, 0.717) is 5.92 Å². The maximum atomic E-state index is 12.8. The van der Waals surface area contributed by atoms with Gasteiger partial charge in [0.2, 0.25) is 0 Å². The minimum atomic E-state index is 0.180. The number of carbonyl (C=O) groups is 1. The van der Waals surface area contributed by atoms with Gasteiger partial charge in [-0.25, -0.2) is 4.79 Å². The van der Waals surface area contributed by atoms with Crippen molar-refractivity contribution in [3.63, 3.8) is 0 Å². The normalized spacial score (nSPS) is 14.9. The molecule has 1 saturated heterocycles. The molecule has 0 aromatic heterocycles. The molecule has 0 atom stereocenters. The van der Waals surface area contributed by atoms with Crippen molar-refractivity contribution in [3.8, 4) is 0 Å². The molecule has 156 valence electrons. The van der Waals surface area contributed by atoms with Gasteiger partial charge in [-0.2, -0.15) is 0 Å². The second-order valence-corrected chi connectivity index (χ2v) is 8.36. The number of hydrogen-bond acceptors (Lipinski definition) is 2. The molecule has 0 N–H and O–H groups in total. The zero-order valence-electron chi connectivity index (χ0n) is 18.0. The lowest BCUT2D eigenvalue weighted by Gasteiger charge is -2.35. The quantitative estimate of drug-likeness (QED) is 0.673. The number of hydrogen-bond donors (Lipinski definition) is 0. The first kappa shape index (κ1) is 21.4. The van der Waals surface area contributed by atoms with Gasteiger partial charge in [-0.15, -0.1) is 0 Å². The van der Waals surface area contributed by atoms with Crippen LogP contribution in [0.5, 0.6) is 0 Å². The van der Waals surface area contributed by atoms with Crippen molar-refractivity contribution < 1.29 is 4.79 Å². The van der Waals surface area contributed by atoms with Crippen LogP contribution in [0.15, 0.2) is 60.7 Å². The summed E-state index contributed by atoms with van der Waals surface area (Å²) in [6.45, 7) is 4.44. The Morgan fingerprint density at radius 1 is 0.862 bits per heavy atom. The van der Waals surface area contributed by atoms with Gasteiger partial charge in [-0.05, 0) is 49.8 Å². The summed E-state index contributed by atoms with van der Waals surface area (Å²) in [4.78, 5) is 19.0. The lowest BCUT2D eigenvalue weighted by Crippen LogP contribution is -2.47. The van der Waals surface area contributed by atoms with Crippen molar-refractivity contribution in [3.05, 3.63) is 71.8 Å². The van der Waals surface area contributed by atoms with Gasteiger partial charge >= 0.3 is 6.03 Å². The van der Waals surface area contributed by atoms with E-state index in [-0.39, 0.29) is 6.03 Å². The Kier molecular flexibility index (Phi) is 8.12. The minimum Gasteiger partial charge on any atom is -0.326 e. The van der Waals surface area contributed by atoms with Gasteiger partial charge in [0.15, 0.2) is 0 Å². The number of urea groups is 1. The van der Waals surface area contributed by atoms with Crippen molar-refractivity contribution in [1.29, 1.82) is 0 Å². The summed E-state index contributed by atoms with van der Waals surface area (Å²) in [5.41, 5.74) is 2.77. The first-order chi connectivity index (χ1) is 14.1. The molecule has 29 heavy (non-hydrogen) atoms. The van der Waals surface area contributed by atoms with Crippen LogP contribution in [0.3, 0.4) is 0 Å². The van der Waals surface area contributed by atoms with Crippen LogP contribution in [-0.4, -0.2) is 67.5 Å². The first-order valence-electron chi connectivity index (χ1n) is 10.9. The van der Waals surface area contributed by atoms with Crippen LogP contribution in [0.4, 0.5) is 4.79 Å². The van der Waals surface area contributed by atoms with Gasteiger partial charge in [-0.3, -0.25) is 0 Å². The maximum absolute atomic E-state index is 12.8. The number of benzene rings is 2. The fraction of sp³-hybridized carbons (Fsp3) is 0.480. The zero-order chi connectivity index (χ0) is 20.5. The Bertz CT molecular complexity index is 726. The van der Waals surface area contributed by atoms with Gasteiger partial charge < -0.3 is 14.7 Å². The zero-order valence-corrected chi connectivity index (χ0v) is 18.0. The van der Waals surface area contributed by atoms with Crippen LogP contribution < -0.4 is 0 Å². The highest BCUT2D eigenvalue weighted by Crippen LogP contribution is 2.22. The average molecular weight is 394 g/mol. The third-order valence-electron chi connectivity index (χ3n) is 6.02. The molecule has 4 heteroatoms. The summed E-state index contributed by atoms with van der Waals surface area (Å²) in [5.74, 6) is 0.691. The summed E-state index contributed by atoms with van der Waals surface area (Å²) in [7, 11) is 4.07. The van der Waals surface area contributed by atoms with Crippen molar-refractivity contribution in [2.45, 2.75) is 25.7 Å². The molecule has 0 bridgehead atoms. The molecule has 2 aromatic carbocycles. The van der Waals surface area contributed by atoms with Crippen LogP contribution in [0, 0.1) is 5.92 Å². The molecule has 0 aliphatic carbocycles. The van der Waals surface area contributed by atoms with E-state index < -0.39 is 0 Å². The van der Waals surface area contributed by atoms with Crippen molar-refractivity contribution >= 4 is 6.03 Å². The molecule has 0 unspecified atom stereocenters. The molecule has 0 spiro atoms. The van der Waals surface area contributed by atoms with E-state index >= 15 is 0 Å². The Morgan fingerprint density at radius 3 is 2.07 bits per heavy atom. The minimum absolute atomic E-state index is 0.180. The third kappa shape index (κ3) is 6.90. The van der Waals surface area contributed by atoms with Crippen LogP contribution >= 0.6 is 0 Å². The monoisotopic (exact) mass is 393 g/mol. The molecule has 0 saturated carbocycles. The molecule has 2 aromatic rings. The largest absolute Gasteiger partial charge is 0.326 e. The summed E-state index contributed by atoms with van der Waals surface area (Å²) < 4.78 is 0. The van der Waals surface area contributed by atoms with E-state index in [1.54, 1.807) is 0 Å². The van der Waals surface area contributed by atoms with Crippen LogP contribution in [0.1, 0.15) is 24.0 Å². The number of nitrogens with zero attached hydrogens (tertiary/aromatic N) is 3. The van der Waals surface area contributed by atoms with Gasteiger partial charge in [-0.1, -0.05) is 60.7 Å². The van der Waals surface area contributed by atoms with E-state index in [9.17, 15) is 4.79 Å². The Morgan fingerprint density at radius 2 is 1.45 bits per heavy atom. The summed E-state index contributed by atoms with van der Waals surface area (Å²) >= 11 is 0. The summed E-state index contributed by atoms with van der Waals surface area (Å²) in [6, 6.07) is 21.5. The maximum Gasteiger partial charge on any atom is 0.319 e. The number of piperidine rings is 1. The van der Waals surface area contributed by atoms with Crippen LogP contribution in [0.25, 0.3) is 0 Å². The lowest BCUT2D eigenvalue weighted by molar-refractivity contribution is 0.137. The molecule has 0 radical (unpaired) electrons. The van der Waals surface area contributed by atoms with Gasteiger partial charge in [0, 0.05) is 39.8 Å². The molecule has 3 rings (SSSR count). The summed E-state index contributed by atoms with van der Waals surface area (Å²) in [5, 5.41) is 0. The molecule has 1 aliphatic heterocycles. The number of likely N-dealkylation sites (N-methyl/N-ethyl adjacent to an activating group) is 2. The highest BCUT2D eigenvalue weighted by atomic mass is 16.2. The predicted molar refractivity (Wildman–Crippen MR) is 120 cm³/mol. The number of likely N-dealkylation sites (tertiary alicyclic amines) is 1. The topological polar surface area (TPSA) is 26.8 Å². The van der Waals surface area contributed by atoms with E-state index in [1.165, 1.54) is 11.1 Å². The fourth-order valence-corrected chi connectivity index (χ4v) is 4.01. The molecule has 1 aliphatic rings. The Hall–Kier alpha value is -2.33. The van der Waals surface area contributed by atoms with Crippen molar-refractivity contribution in [1.82, 2.24) is 14.7 Å². The molecule has 1 heterocycles. The number of amides is 2. The van der Waals surface area contributed by atoms with E-state index in [2.05, 4.69) is 72.6 Å². The Labute approximate surface area is 176 Å². The molecular weight excluding hydrogens is 358 g/mol. The van der Waals surface area contributed by atoms with Gasteiger partial charge in [0.05, 0.1) is 0 Å². The Balaban J connectivity index is 1.34. The molecule has 2 amide bonds. The standard InChI is InChI=1S/C25H35N3O/c1-26(16-13-22-9-5-3-6-10-22)19-20-27(2)25(29)28-17-14-24(15-18-28)21-23-11-7-4-8-12-23/h3-12,24H,13-21H2,1-2H3. The lowest BCUT2D eigenvalue weighted by atomic mass is 9.90.